The van der Waals surface area contributed by atoms with Gasteiger partial charge in [-0.25, -0.2) is 4.98 Å². The third-order valence-corrected chi connectivity index (χ3v) is 4.27. The van der Waals surface area contributed by atoms with Gasteiger partial charge in [0.1, 0.15) is 0 Å². The number of piperidine rings is 1. The maximum Gasteiger partial charge on any atom is 0.223 e. The predicted molar refractivity (Wildman–Crippen MR) is 75.1 cm³/mol. The van der Waals surface area contributed by atoms with Crippen LogP contribution in [-0.4, -0.2) is 30.5 Å². The molecular formula is C13H21N3OS. The van der Waals surface area contributed by atoms with E-state index in [-0.39, 0.29) is 11.8 Å². The van der Waals surface area contributed by atoms with Gasteiger partial charge in [0.25, 0.3) is 0 Å². The van der Waals surface area contributed by atoms with Crippen molar-refractivity contribution in [1.29, 1.82) is 0 Å². The first-order valence-corrected chi connectivity index (χ1v) is 7.47. The van der Waals surface area contributed by atoms with Crippen LogP contribution in [0.25, 0.3) is 0 Å². The van der Waals surface area contributed by atoms with Crippen LogP contribution in [0.15, 0.2) is 6.20 Å². The number of nitrogens with one attached hydrogen (secondary N) is 1. The molecule has 0 saturated carbocycles. The van der Waals surface area contributed by atoms with E-state index in [0.717, 1.165) is 44.0 Å². The van der Waals surface area contributed by atoms with Crippen LogP contribution in [-0.2, 0) is 4.79 Å². The molecule has 100 valence electrons. The Kier molecular flexibility index (Phi) is 4.58. The summed E-state index contributed by atoms with van der Waals surface area (Å²) in [6.45, 7) is 6.83. The Morgan fingerprint density at radius 2 is 2.28 bits per heavy atom. The fraction of sp³-hybridized carbons (Fsp3) is 0.692. The average molecular weight is 267 g/mol. The van der Waals surface area contributed by atoms with Crippen LogP contribution >= 0.6 is 11.3 Å². The van der Waals surface area contributed by atoms with Crippen LogP contribution < -0.4 is 10.2 Å². The maximum atomic E-state index is 11.9. The summed E-state index contributed by atoms with van der Waals surface area (Å²) in [7, 11) is 0. The highest BCUT2D eigenvalue weighted by molar-refractivity contribution is 7.15. The summed E-state index contributed by atoms with van der Waals surface area (Å²) >= 11 is 1.73. The van der Waals surface area contributed by atoms with Gasteiger partial charge in [0.2, 0.25) is 5.91 Å². The summed E-state index contributed by atoms with van der Waals surface area (Å²) < 4.78 is 0. The Labute approximate surface area is 112 Å². The Morgan fingerprint density at radius 3 is 2.83 bits per heavy atom. The summed E-state index contributed by atoms with van der Waals surface area (Å²) in [5, 5.41) is 4.09. The Balaban J connectivity index is 1.82. The van der Waals surface area contributed by atoms with Crippen LogP contribution in [0.5, 0.6) is 0 Å². The highest BCUT2D eigenvalue weighted by Gasteiger charge is 2.25. The monoisotopic (exact) mass is 267 g/mol. The molecule has 1 N–H and O–H groups in total. The lowest BCUT2D eigenvalue weighted by molar-refractivity contribution is -0.125. The second-order valence-corrected chi connectivity index (χ2v) is 6.02. The minimum atomic E-state index is 0.189. The first-order chi connectivity index (χ1) is 8.70. The predicted octanol–water partition coefficient (Wildman–Crippen LogP) is 2.19. The van der Waals surface area contributed by atoms with Gasteiger partial charge in [0.05, 0.1) is 0 Å². The molecule has 1 fully saturated rings. The van der Waals surface area contributed by atoms with Gasteiger partial charge < -0.3 is 10.2 Å². The summed E-state index contributed by atoms with van der Waals surface area (Å²) in [5.74, 6) is 0.417. The molecule has 2 heterocycles. The van der Waals surface area contributed by atoms with E-state index in [0.29, 0.717) is 0 Å². The van der Waals surface area contributed by atoms with Crippen molar-refractivity contribution in [3.63, 3.8) is 0 Å². The standard InChI is InChI=1S/C13H21N3OS/c1-3-6-14-12(17)11-4-7-16(8-5-11)13-15-9-10(2)18-13/h9,11H,3-8H2,1-2H3,(H,14,17). The molecule has 0 unspecified atom stereocenters. The fourth-order valence-corrected chi connectivity index (χ4v) is 3.02. The largest absolute Gasteiger partial charge is 0.356 e. The van der Waals surface area contributed by atoms with Gasteiger partial charge in [0, 0.05) is 36.6 Å². The Hall–Kier alpha value is -1.10. The minimum Gasteiger partial charge on any atom is -0.356 e. The molecule has 18 heavy (non-hydrogen) atoms. The zero-order chi connectivity index (χ0) is 13.0. The molecule has 0 atom stereocenters. The number of carbonyl (C=O) groups is 1. The number of aryl methyl sites for hydroxylation is 1. The molecule has 0 radical (unpaired) electrons. The molecular weight excluding hydrogens is 246 g/mol. The van der Waals surface area contributed by atoms with E-state index in [9.17, 15) is 4.79 Å². The van der Waals surface area contributed by atoms with Gasteiger partial charge in [-0.05, 0) is 26.2 Å². The number of amides is 1. The normalized spacial score (nSPS) is 16.9. The summed E-state index contributed by atoms with van der Waals surface area (Å²) in [6, 6.07) is 0. The van der Waals surface area contributed by atoms with Gasteiger partial charge >= 0.3 is 0 Å². The lowest BCUT2D eigenvalue weighted by Crippen LogP contribution is -2.40. The van der Waals surface area contributed by atoms with Crippen LogP contribution in [0.4, 0.5) is 5.13 Å². The van der Waals surface area contributed by atoms with E-state index in [1.165, 1.54) is 4.88 Å². The lowest BCUT2D eigenvalue weighted by Gasteiger charge is -2.31. The molecule has 1 aliphatic heterocycles. The van der Waals surface area contributed by atoms with Crippen LogP contribution in [0.3, 0.4) is 0 Å². The molecule has 4 nitrogen and oxygen atoms in total. The van der Waals surface area contributed by atoms with E-state index in [1.54, 1.807) is 11.3 Å². The van der Waals surface area contributed by atoms with Crippen molar-refractivity contribution < 1.29 is 4.79 Å². The second kappa shape index (κ2) is 6.18. The van der Waals surface area contributed by atoms with E-state index in [4.69, 9.17) is 0 Å². The van der Waals surface area contributed by atoms with E-state index in [2.05, 4.69) is 29.0 Å². The number of carbonyl (C=O) groups excluding carboxylic acids is 1. The average Bonchev–Trinajstić information content (AvgIpc) is 2.83. The molecule has 0 spiro atoms. The quantitative estimate of drug-likeness (QED) is 0.909. The number of aromatic nitrogens is 1. The van der Waals surface area contributed by atoms with Crippen molar-refractivity contribution in [2.75, 3.05) is 24.5 Å². The summed E-state index contributed by atoms with van der Waals surface area (Å²) in [6.07, 6.45) is 4.80. The van der Waals surface area contributed by atoms with Crippen molar-refractivity contribution in [3.05, 3.63) is 11.1 Å². The van der Waals surface area contributed by atoms with Crippen molar-refractivity contribution in [3.8, 4) is 0 Å². The minimum absolute atomic E-state index is 0.189. The molecule has 1 aromatic heterocycles. The molecule has 1 saturated heterocycles. The van der Waals surface area contributed by atoms with Crippen molar-refractivity contribution in [1.82, 2.24) is 10.3 Å². The summed E-state index contributed by atoms with van der Waals surface area (Å²) in [5.41, 5.74) is 0. The Bertz CT molecular complexity index is 397. The number of nitrogens with zero attached hydrogens (tertiary/aromatic N) is 2. The fourth-order valence-electron chi connectivity index (χ4n) is 2.21. The maximum absolute atomic E-state index is 11.9. The SMILES string of the molecule is CCCNC(=O)C1CCN(c2ncc(C)s2)CC1. The van der Waals surface area contributed by atoms with Crippen molar-refractivity contribution >= 4 is 22.4 Å². The first kappa shape index (κ1) is 13.3. The van der Waals surface area contributed by atoms with E-state index in [1.807, 2.05) is 6.20 Å². The third-order valence-electron chi connectivity index (χ3n) is 3.29. The van der Waals surface area contributed by atoms with Crippen LogP contribution in [0.1, 0.15) is 31.1 Å². The molecule has 0 aliphatic carbocycles. The lowest BCUT2D eigenvalue weighted by atomic mass is 9.96. The first-order valence-electron chi connectivity index (χ1n) is 6.65. The van der Waals surface area contributed by atoms with E-state index >= 15 is 0 Å². The van der Waals surface area contributed by atoms with Gasteiger partial charge in [-0.3, -0.25) is 4.79 Å². The zero-order valence-corrected chi connectivity index (χ0v) is 11.9. The van der Waals surface area contributed by atoms with Crippen LogP contribution in [0, 0.1) is 12.8 Å². The smallest absolute Gasteiger partial charge is 0.223 e. The van der Waals surface area contributed by atoms with Gasteiger partial charge in [-0.2, -0.15) is 0 Å². The van der Waals surface area contributed by atoms with Crippen molar-refractivity contribution in [2.24, 2.45) is 5.92 Å². The highest BCUT2D eigenvalue weighted by atomic mass is 32.1. The number of anilines is 1. The zero-order valence-electron chi connectivity index (χ0n) is 11.1. The van der Waals surface area contributed by atoms with Gasteiger partial charge in [-0.1, -0.05) is 6.92 Å². The van der Waals surface area contributed by atoms with Gasteiger partial charge in [0.15, 0.2) is 5.13 Å². The van der Waals surface area contributed by atoms with E-state index < -0.39 is 0 Å². The summed E-state index contributed by atoms with van der Waals surface area (Å²) in [4.78, 5) is 19.8. The topological polar surface area (TPSA) is 45.2 Å². The number of rotatable bonds is 4. The molecule has 1 aromatic rings. The number of hydrogen-bond donors (Lipinski definition) is 1. The van der Waals surface area contributed by atoms with Gasteiger partial charge in [-0.15, -0.1) is 11.3 Å². The second-order valence-electron chi connectivity index (χ2n) is 4.81. The van der Waals surface area contributed by atoms with Crippen molar-refractivity contribution in [2.45, 2.75) is 33.1 Å². The number of thiazole rings is 1. The molecule has 0 aromatic carbocycles. The molecule has 2 rings (SSSR count). The number of hydrogen-bond acceptors (Lipinski definition) is 4. The molecule has 1 aliphatic rings. The molecule has 1 amide bonds. The van der Waals surface area contributed by atoms with Crippen LogP contribution in [0.2, 0.25) is 0 Å². The Morgan fingerprint density at radius 1 is 1.56 bits per heavy atom. The molecule has 5 heteroatoms. The molecule has 0 bridgehead atoms. The third kappa shape index (κ3) is 3.22. The highest BCUT2D eigenvalue weighted by Crippen LogP contribution is 2.26.